The lowest BCUT2D eigenvalue weighted by atomic mass is 10.1. The summed E-state index contributed by atoms with van der Waals surface area (Å²) in [5.41, 5.74) is 8.91. The van der Waals surface area contributed by atoms with Gasteiger partial charge in [0.25, 0.3) is 5.91 Å². The molecule has 5 heteroatoms. The van der Waals surface area contributed by atoms with Crippen LogP contribution >= 0.6 is 11.3 Å². The number of thiophene rings is 1. The molecule has 112 valence electrons. The summed E-state index contributed by atoms with van der Waals surface area (Å²) < 4.78 is 0. The van der Waals surface area contributed by atoms with Gasteiger partial charge in [0.15, 0.2) is 0 Å². The van der Waals surface area contributed by atoms with Gasteiger partial charge >= 0.3 is 0 Å². The molecule has 0 aromatic carbocycles. The van der Waals surface area contributed by atoms with E-state index in [1.54, 1.807) is 0 Å². The van der Waals surface area contributed by atoms with Gasteiger partial charge in [0, 0.05) is 24.2 Å². The predicted octanol–water partition coefficient (Wildman–Crippen LogP) is 3.37. The molecule has 1 fully saturated rings. The molecular weight excluding hydrogens is 282 g/mol. The highest BCUT2D eigenvalue weighted by Gasteiger charge is 2.29. The Bertz CT molecular complexity index is 707. The van der Waals surface area contributed by atoms with E-state index < -0.39 is 0 Å². The van der Waals surface area contributed by atoms with Gasteiger partial charge in [-0.15, -0.1) is 11.3 Å². The fourth-order valence-electron chi connectivity index (χ4n) is 3.12. The predicted molar refractivity (Wildman–Crippen MR) is 87.8 cm³/mol. The maximum absolute atomic E-state index is 12.7. The summed E-state index contributed by atoms with van der Waals surface area (Å²) in [4.78, 5) is 20.7. The molecule has 2 N–H and O–H groups in total. The molecule has 21 heavy (non-hydrogen) atoms. The molecule has 1 atom stereocenters. The second-order valence-corrected chi connectivity index (χ2v) is 6.92. The maximum atomic E-state index is 12.7. The molecule has 2 aromatic heterocycles. The fourth-order valence-corrected chi connectivity index (χ4v) is 4.31. The van der Waals surface area contributed by atoms with Gasteiger partial charge in [-0.05, 0) is 37.8 Å². The molecule has 0 bridgehead atoms. The Morgan fingerprint density at radius 2 is 2.29 bits per heavy atom. The van der Waals surface area contributed by atoms with Crippen LogP contribution in [0.4, 0.5) is 5.69 Å². The van der Waals surface area contributed by atoms with Crippen molar-refractivity contribution in [1.29, 1.82) is 0 Å². The molecule has 3 rings (SSSR count). The largest absolute Gasteiger partial charge is 0.397 e. The van der Waals surface area contributed by atoms with Crippen LogP contribution in [0.5, 0.6) is 0 Å². The van der Waals surface area contributed by atoms with Crippen LogP contribution in [-0.4, -0.2) is 28.9 Å². The molecule has 1 aliphatic rings. The van der Waals surface area contributed by atoms with Crippen LogP contribution in [0.25, 0.3) is 10.2 Å². The minimum atomic E-state index is 0.0727. The molecular formula is C16H21N3OS. The first-order valence-corrected chi connectivity index (χ1v) is 8.28. The third-order valence-corrected chi connectivity index (χ3v) is 5.46. The summed E-state index contributed by atoms with van der Waals surface area (Å²) in [6.45, 7) is 7.88. The van der Waals surface area contributed by atoms with E-state index in [0.717, 1.165) is 47.4 Å². The van der Waals surface area contributed by atoms with E-state index >= 15 is 0 Å². The van der Waals surface area contributed by atoms with Crippen molar-refractivity contribution in [2.24, 2.45) is 5.92 Å². The van der Waals surface area contributed by atoms with Crippen molar-refractivity contribution in [3.8, 4) is 0 Å². The first-order valence-electron chi connectivity index (χ1n) is 7.46. The molecule has 1 aliphatic heterocycles. The Morgan fingerprint density at radius 1 is 1.52 bits per heavy atom. The van der Waals surface area contributed by atoms with Gasteiger partial charge in [0.2, 0.25) is 0 Å². The van der Waals surface area contributed by atoms with E-state index in [1.165, 1.54) is 11.3 Å². The SMILES string of the molecule is CCC1CCN(C(=O)c2sc3nc(C)cc(C)c3c2N)C1. The molecule has 0 radical (unpaired) electrons. The number of aryl methyl sites for hydroxylation is 2. The van der Waals surface area contributed by atoms with Crippen LogP contribution in [0, 0.1) is 19.8 Å². The van der Waals surface area contributed by atoms with Crippen molar-refractivity contribution in [3.05, 3.63) is 22.2 Å². The lowest BCUT2D eigenvalue weighted by Crippen LogP contribution is -2.28. The number of nitrogen functional groups attached to an aromatic ring is 1. The molecule has 3 heterocycles. The van der Waals surface area contributed by atoms with Gasteiger partial charge in [0.1, 0.15) is 9.71 Å². The van der Waals surface area contributed by atoms with E-state index in [0.29, 0.717) is 16.5 Å². The molecule has 2 aromatic rings. The summed E-state index contributed by atoms with van der Waals surface area (Å²) in [6.07, 6.45) is 2.23. The average molecular weight is 303 g/mol. The smallest absolute Gasteiger partial charge is 0.266 e. The van der Waals surface area contributed by atoms with Crippen LogP contribution in [0.3, 0.4) is 0 Å². The number of nitrogens with two attached hydrogens (primary N) is 1. The minimum Gasteiger partial charge on any atom is -0.397 e. The second-order valence-electron chi connectivity index (χ2n) is 5.92. The topological polar surface area (TPSA) is 59.2 Å². The highest BCUT2D eigenvalue weighted by molar-refractivity contribution is 7.21. The monoisotopic (exact) mass is 303 g/mol. The third kappa shape index (κ3) is 2.39. The zero-order chi connectivity index (χ0) is 15.1. The zero-order valence-electron chi connectivity index (χ0n) is 12.8. The highest BCUT2D eigenvalue weighted by Crippen LogP contribution is 2.36. The van der Waals surface area contributed by atoms with E-state index in [9.17, 15) is 4.79 Å². The summed E-state index contributed by atoms with van der Waals surface area (Å²) in [5.74, 6) is 0.704. The van der Waals surface area contributed by atoms with Crippen LogP contribution in [0.15, 0.2) is 6.07 Å². The molecule has 4 nitrogen and oxygen atoms in total. The van der Waals surface area contributed by atoms with Crippen molar-refractivity contribution in [1.82, 2.24) is 9.88 Å². The van der Waals surface area contributed by atoms with Crippen LogP contribution < -0.4 is 5.73 Å². The molecule has 1 saturated heterocycles. The van der Waals surface area contributed by atoms with Crippen LogP contribution in [0.1, 0.15) is 40.7 Å². The number of nitrogens with zero attached hydrogens (tertiary/aromatic N) is 2. The van der Waals surface area contributed by atoms with Crippen LogP contribution in [0.2, 0.25) is 0 Å². The number of hydrogen-bond donors (Lipinski definition) is 1. The number of pyridine rings is 1. The van der Waals surface area contributed by atoms with Crippen molar-refractivity contribution in [3.63, 3.8) is 0 Å². The zero-order valence-corrected chi connectivity index (χ0v) is 13.6. The lowest BCUT2D eigenvalue weighted by molar-refractivity contribution is 0.0792. The second kappa shape index (κ2) is 5.30. The summed E-state index contributed by atoms with van der Waals surface area (Å²) >= 11 is 1.43. The Kier molecular flexibility index (Phi) is 3.61. The Balaban J connectivity index is 1.99. The lowest BCUT2D eigenvalue weighted by Gasteiger charge is -2.15. The van der Waals surface area contributed by atoms with Gasteiger partial charge in [-0.2, -0.15) is 0 Å². The Morgan fingerprint density at radius 3 is 2.95 bits per heavy atom. The molecule has 0 spiro atoms. The van der Waals surface area contributed by atoms with Crippen LogP contribution in [-0.2, 0) is 0 Å². The van der Waals surface area contributed by atoms with Gasteiger partial charge in [-0.3, -0.25) is 4.79 Å². The van der Waals surface area contributed by atoms with Crippen molar-refractivity contribution in [2.75, 3.05) is 18.8 Å². The Labute approximate surface area is 129 Å². The number of anilines is 1. The van der Waals surface area contributed by atoms with E-state index in [4.69, 9.17) is 5.73 Å². The van der Waals surface area contributed by atoms with Gasteiger partial charge in [-0.1, -0.05) is 13.3 Å². The van der Waals surface area contributed by atoms with Gasteiger partial charge in [0.05, 0.1) is 5.69 Å². The Hall–Kier alpha value is -1.62. The van der Waals surface area contributed by atoms with Gasteiger partial charge in [-0.25, -0.2) is 4.98 Å². The van der Waals surface area contributed by atoms with Gasteiger partial charge < -0.3 is 10.6 Å². The summed E-state index contributed by atoms with van der Waals surface area (Å²) in [5, 5.41) is 0.945. The van der Waals surface area contributed by atoms with E-state index in [1.807, 2.05) is 24.8 Å². The molecule has 1 unspecified atom stereocenters. The first-order chi connectivity index (χ1) is 10.0. The third-order valence-electron chi connectivity index (χ3n) is 4.37. The fraction of sp³-hybridized carbons (Fsp3) is 0.500. The van der Waals surface area contributed by atoms with E-state index in [-0.39, 0.29) is 5.91 Å². The minimum absolute atomic E-state index is 0.0727. The summed E-state index contributed by atoms with van der Waals surface area (Å²) in [7, 11) is 0. The van der Waals surface area contributed by atoms with Crippen molar-refractivity contribution in [2.45, 2.75) is 33.6 Å². The number of hydrogen-bond acceptors (Lipinski definition) is 4. The van der Waals surface area contributed by atoms with E-state index in [2.05, 4.69) is 11.9 Å². The molecule has 0 saturated carbocycles. The number of fused-ring (bicyclic) bond motifs is 1. The molecule has 0 aliphatic carbocycles. The average Bonchev–Trinajstić information content (AvgIpc) is 3.02. The van der Waals surface area contributed by atoms with Crippen molar-refractivity contribution < 1.29 is 4.79 Å². The number of rotatable bonds is 2. The number of carbonyl (C=O) groups excluding carboxylic acids is 1. The highest BCUT2D eigenvalue weighted by atomic mass is 32.1. The maximum Gasteiger partial charge on any atom is 0.266 e. The number of amides is 1. The number of aromatic nitrogens is 1. The first kappa shape index (κ1) is 14.3. The standard InChI is InChI=1S/C16H21N3OS/c1-4-11-5-6-19(8-11)16(20)14-13(17)12-9(2)7-10(3)18-15(12)21-14/h7,11H,4-6,8,17H2,1-3H3. The normalized spacial score (nSPS) is 18.6. The molecule has 1 amide bonds. The quantitative estimate of drug-likeness (QED) is 0.925. The number of likely N-dealkylation sites (tertiary alicyclic amines) is 1. The summed E-state index contributed by atoms with van der Waals surface area (Å²) in [6, 6.07) is 2.02. The van der Waals surface area contributed by atoms with Crippen molar-refractivity contribution >= 4 is 33.1 Å². The number of carbonyl (C=O) groups is 1.